The molecule has 0 radical (unpaired) electrons. The van der Waals surface area contributed by atoms with E-state index >= 15 is 0 Å². The molecule has 2 N–H and O–H groups in total. The number of methoxy groups -OCH3 is 1. The summed E-state index contributed by atoms with van der Waals surface area (Å²) < 4.78 is 10.6. The average Bonchev–Trinajstić information content (AvgIpc) is 2.53. The minimum Gasteiger partial charge on any atom is -0.457 e. The zero-order valence-corrected chi connectivity index (χ0v) is 12.4. The molecule has 6 heteroatoms. The maximum atomic E-state index is 11.8. The number of carbonyl (C=O) groups excluding carboxylic acids is 1. The molecule has 1 aromatic heterocycles. The van der Waals surface area contributed by atoms with Gasteiger partial charge in [0.1, 0.15) is 11.5 Å². The first-order valence-corrected chi connectivity index (χ1v) is 6.95. The van der Waals surface area contributed by atoms with E-state index in [1.165, 1.54) is 0 Å². The Kier molecular flexibility index (Phi) is 6.35. The number of pyridine rings is 1. The number of ether oxygens (including phenoxy) is 2. The highest BCUT2D eigenvalue weighted by Crippen LogP contribution is 2.23. The van der Waals surface area contributed by atoms with Crippen LogP contribution in [0.1, 0.15) is 0 Å². The lowest BCUT2D eigenvalue weighted by atomic mass is 10.3. The van der Waals surface area contributed by atoms with Crippen molar-refractivity contribution >= 4 is 11.6 Å². The number of carbonyl (C=O) groups is 1. The highest BCUT2D eigenvalue weighted by atomic mass is 16.5. The second-order valence-electron chi connectivity index (χ2n) is 4.53. The summed E-state index contributed by atoms with van der Waals surface area (Å²) in [6.45, 7) is 1.44. The van der Waals surface area contributed by atoms with Crippen molar-refractivity contribution in [2.24, 2.45) is 0 Å². The van der Waals surface area contributed by atoms with Crippen molar-refractivity contribution in [3.05, 3.63) is 48.8 Å². The number of nitrogens with one attached hydrogen (secondary N) is 2. The van der Waals surface area contributed by atoms with Crippen LogP contribution in [-0.4, -0.2) is 37.7 Å². The van der Waals surface area contributed by atoms with Crippen LogP contribution in [0.4, 0.5) is 5.69 Å². The molecule has 1 aromatic carbocycles. The normalized spacial score (nSPS) is 10.2. The van der Waals surface area contributed by atoms with Crippen LogP contribution in [-0.2, 0) is 9.53 Å². The van der Waals surface area contributed by atoms with Gasteiger partial charge < -0.3 is 20.1 Å². The lowest BCUT2D eigenvalue weighted by Gasteiger charge is -2.09. The largest absolute Gasteiger partial charge is 0.457 e. The third kappa shape index (κ3) is 5.51. The quantitative estimate of drug-likeness (QED) is 0.730. The standard InChI is InChI=1S/C16H19N3O3/c1-21-10-9-18-12-16(20)19-13-3-2-4-15(11-13)22-14-5-7-17-8-6-14/h2-8,11,18H,9-10,12H2,1H3,(H,19,20). The molecule has 0 atom stereocenters. The van der Waals surface area contributed by atoms with E-state index in [1.54, 1.807) is 37.7 Å². The van der Waals surface area contributed by atoms with Crippen LogP contribution in [0, 0.1) is 0 Å². The Morgan fingerprint density at radius 2 is 2.00 bits per heavy atom. The van der Waals surface area contributed by atoms with Gasteiger partial charge in [0, 0.05) is 37.8 Å². The van der Waals surface area contributed by atoms with Gasteiger partial charge in [0.15, 0.2) is 0 Å². The van der Waals surface area contributed by atoms with Crippen molar-refractivity contribution in [1.82, 2.24) is 10.3 Å². The first-order valence-electron chi connectivity index (χ1n) is 6.95. The van der Waals surface area contributed by atoms with Crippen molar-refractivity contribution in [3.63, 3.8) is 0 Å². The van der Waals surface area contributed by atoms with Crippen LogP contribution in [0.2, 0.25) is 0 Å². The molecule has 0 saturated heterocycles. The van der Waals surface area contributed by atoms with Crippen molar-refractivity contribution in [1.29, 1.82) is 0 Å². The van der Waals surface area contributed by atoms with E-state index in [4.69, 9.17) is 9.47 Å². The fourth-order valence-electron chi connectivity index (χ4n) is 1.76. The molecule has 0 aliphatic heterocycles. The van der Waals surface area contributed by atoms with Crippen LogP contribution in [0.5, 0.6) is 11.5 Å². The van der Waals surface area contributed by atoms with E-state index < -0.39 is 0 Å². The van der Waals surface area contributed by atoms with Gasteiger partial charge >= 0.3 is 0 Å². The van der Waals surface area contributed by atoms with Gasteiger partial charge in [-0.25, -0.2) is 0 Å². The molecule has 1 heterocycles. The average molecular weight is 301 g/mol. The smallest absolute Gasteiger partial charge is 0.238 e. The number of anilines is 1. The van der Waals surface area contributed by atoms with Gasteiger partial charge in [-0.1, -0.05) is 6.07 Å². The maximum Gasteiger partial charge on any atom is 0.238 e. The van der Waals surface area contributed by atoms with Gasteiger partial charge in [0.25, 0.3) is 0 Å². The monoisotopic (exact) mass is 301 g/mol. The predicted molar refractivity (Wildman–Crippen MR) is 84.1 cm³/mol. The Hall–Kier alpha value is -2.44. The van der Waals surface area contributed by atoms with Crippen LogP contribution in [0.3, 0.4) is 0 Å². The summed E-state index contributed by atoms with van der Waals surface area (Å²) >= 11 is 0. The zero-order chi connectivity index (χ0) is 15.6. The van der Waals surface area contributed by atoms with Crippen LogP contribution < -0.4 is 15.4 Å². The number of benzene rings is 1. The minimum absolute atomic E-state index is 0.114. The lowest BCUT2D eigenvalue weighted by Crippen LogP contribution is -2.30. The second kappa shape index (κ2) is 8.76. The third-order valence-electron chi connectivity index (χ3n) is 2.77. The van der Waals surface area contributed by atoms with Gasteiger partial charge in [0.05, 0.1) is 13.2 Å². The van der Waals surface area contributed by atoms with Gasteiger partial charge in [-0.15, -0.1) is 0 Å². The summed E-state index contributed by atoms with van der Waals surface area (Å²) in [6.07, 6.45) is 3.32. The molecule has 0 bridgehead atoms. The van der Waals surface area contributed by atoms with Gasteiger partial charge in [-0.3, -0.25) is 9.78 Å². The zero-order valence-electron chi connectivity index (χ0n) is 12.4. The molecule has 0 fully saturated rings. The summed E-state index contributed by atoms with van der Waals surface area (Å²) in [5, 5.41) is 5.80. The third-order valence-corrected chi connectivity index (χ3v) is 2.77. The number of rotatable bonds is 8. The fourth-order valence-corrected chi connectivity index (χ4v) is 1.76. The summed E-state index contributed by atoms with van der Waals surface area (Å²) in [5.41, 5.74) is 0.685. The van der Waals surface area contributed by atoms with Gasteiger partial charge in [-0.05, 0) is 24.3 Å². The van der Waals surface area contributed by atoms with Crippen LogP contribution >= 0.6 is 0 Å². The molecule has 1 amide bonds. The number of amides is 1. The summed E-state index contributed by atoms with van der Waals surface area (Å²) in [7, 11) is 1.62. The maximum absolute atomic E-state index is 11.8. The van der Waals surface area contributed by atoms with Crippen molar-refractivity contribution in [2.75, 3.05) is 32.1 Å². The van der Waals surface area contributed by atoms with E-state index in [0.29, 0.717) is 30.3 Å². The van der Waals surface area contributed by atoms with E-state index in [0.717, 1.165) is 0 Å². The minimum atomic E-state index is -0.114. The molecule has 0 saturated carbocycles. The summed E-state index contributed by atoms with van der Waals surface area (Å²) in [4.78, 5) is 15.7. The first kappa shape index (κ1) is 15.9. The predicted octanol–water partition coefficient (Wildman–Crippen LogP) is 2.05. The summed E-state index contributed by atoms with van der Waals surface area (Å²) in [5.74, 6) is 1.23. The molecule has 2 rings (SSSR count). The fraction of sp³-hybridized carbons (Fsp3) is 0.250. The molecule has 116 valence electrons. The van der Waals surface area contributed by atoms with Crippen LogP contribution in [0.25, 0.3) is 0 Å². The highest BCUT2D eigenvalue weighted by molar-refractivity contribution is 5.92. The Morgan fingerprint density at radius 3 is 2.77 bits per heavy atom. The molecule has 22 heavy (non-hydrogen) atoms. The van der Waals surface area contributed by atoms with Crippen molar-refractivity contribution in [2.45, 2.75) is 0 Å². The first-order chi connectivity index (χ1) is 10.8. The van der Waals surface area contributed by atoms with Crippen molar-refractivity contribution in [3.8, 4) is 11.5 Å². The molecule has 0 aliphatic rings. The van der Waals surface area contributed by atoms with E-state index in [-0.39, 0.29) is 12.5 Å². The number of hydrogen-bond donors (Lipinski definition) is 2. The number of nitrogens with zero attached hydrogens (tertiary/aromatic N) is 1. The second-order valence-corrected chi connectivity index (χ2v) is 4.53. The molecule has 6 nitrogen and oxygen atoms in total. The molecule has 0 spiro atoms. The Bertz CT molecular complexity index is 590. The lowest BCUT2D eigenvalue weighted by molar-refractivity contribution is -0.115. The van der Waals surface area contributed by atoms with E-state index in [2.05, 4.69) is 15.6 Å². The van der Waals surface area contributed by atoms with Crippen LogP contribution in [0.15, 0.2) is 48.8 Å². The Balaban J connectivity index is 1.87. The molecular weight excluding hydrogens is 282 g/mol. The Morgan fingerprint density at radius 1 is 1.18 bits per heavy atom. The van der Waals surface area contributed by atoms with E-state index in [1.807, 2.05) is 18.2 Å². The number of aromatic nitrogens is 1. The molecular formula is C16H19N3O3. The Labute approximate surface area is 129 Å². The number of hydrogen-bond acceptors (Lipinski definition) is 5. The van der Waals surface area contributed by atoms with Gasteiger partial charge in [-0.2, -0.15) is 0 Å². The van der Waals surface area contributed by atoms with Gasteiger partial charge in [0.2, 0.25) is 5.91 Å². The van der Waals surface area contributed by atoms with Crippen molar-refractivity contribution < 1.29 is 14.3 Å². The molecule has 2 aromatic rings. The van der Waals surface area contributed by atoms with E-state index in [9.17, 15) is 4.79 Å². The topological polar surface area (TPSA) is 72.5 Å². The molecule has 0 aliphatic carbocycles. The molecule has 0 unspecified atom stereocenters. The SMILES string of the molecule is COCCNCC(=O)Nc1cccc(Oc2ccncc2)c1. The summed E-state index contributed by atoms with van der Waals surface area (Å²) in [6, 6.07) is 10.8. The highest BCUT2D eigenvalue weighted by Gasteiger charge is 2.03.